The summed E-state index contributed by atoms with van der Waals surface area (Å²) in [5.74, 6) is 5.28. The van der Waals surface area contributed by atoms with Crippen molar-refractivity contribution >= 4 is 0 Å². The minimum absolute atomic E-state index is 0.540. The molecule has 4 bridgehead atoms. The predicted octanol–water partition coefficient (Wildman–Crippen LogP) is 4.66. The van der Waals surface area contributed by atoms with Crippen molar-refractivity contribution in [3.63, 3.8) is 0 Å². The Balaban J connectivity index is 1.72. The van der Waals surface area contributed by atoms with E-state index < -0.39 is 0 Å². The lowest BCUT2D eigenvalue weighted by Crippen LogP contribution is -2.43. The molecular weight excluding hydrogens is 216 g/mol. The molecule has 6 aliphatic carbocycles. The Kier molecular flexibility index (Phi) is 1.46. The maximum absolute atomic E-state index is 4.34. The minimum Gasteiger partial charge on any atom is -0.0998 e. The lowest BCUT2D eigenvalue weighted by atomic mass is 9.54. The van der Waals surface area contributed by atoms with Gasteiger partial charge in [0.05, 0.1) is 0 Å². The van der Waals surface area contributed by atoms with Gasteiger partial charge < -0.3 is 0 Å². The molecule has 18 heavy (non-hydrogen) atoms. The second kappa shape index (κ2) is 2.50. The fraction of sp³-hybridized carbons (Fsp3) is 0.889. The molecule has 3 unspecified atom stereocenters. The second-order valence-corrected chi connectivity index (χ2v) is 8.99. The fourth-order valence-electron chi connectivity index (χ4n) is 8.83. The lowest BCUT2D eigenvalue weighted by Gasteiger charge is -2.50. The zero-order chi connectivity index (χ0) is 12.5. The first-order chi connectivity index (χ1) is 8.46. The molecule has 0 aromatic carbocycles. The third-order valence-electron chi connectivity index (χ3n) is 8.68. The van der Waals surface area contributed by atoms with E-state index in [4.69, 9.17) is 0 Å². The average Bonchev–Trinajstić information content (AvgIpc) is 2.76. The van der Waals surface area contributed by atoms with E-state index in [1.165, 1.54) is 12.0 Å². The Morgan fingerprint density at radius 1 is 1.06 bits per heavy atom. The molecule has 98 valence electrons. The van der Waals surface area contributed by atoms with E-state index in [2.05, 4.69) is 27.4 Å². The number of hydrogen-bond acceptors (Lipinski definition) is 0. The summed E-state index contributed by atoms with van der Waals surface area (Å²) >= 11 is 0. The van der Waals surface area contributed by atoms with E-state index in [1.807, 2.05) is 0 Å². The van der Waals surface area contributed by atoms with Gasteiger partial charge in [-0.3, -0.25) is 0 Å². The Morgan fingerprint density at radius 2 is 1.78 bits per heavy atom. The average molecular weight is 242 g/mol. The molecule has 0 nitrogen and oxygen atoms in total. The molecule has 0 aliphatic heterocycles. The molecule has 7 atom stereocenters. The smallest absolute Gasteiger partial charge is 0.0116 e. The van der Waals surface area contributed by atoms with E-state index in [1.54, 1.807) is 25.7 Å². The van der Waals surface area contributed by atoms with Crippen LogP contribution in [0.5, 0.6) is 0 Å². The summed E-state index contributed by atoms with van der Waals surface area (Å²) < 4.78 is 0. The molecule has 0 amide bonds. The summed E-state index contributed by atoms with van der Waals surface area (Å²) in [4.78, 5) is 0. The summed E-state index contributed by atoms with van der Waals surface area (Å²) in [6.45, 7) is 11.8. The van der Waals surface area contributed by atoms with Gasteiger partial charge in [0.2, 0.25) is 0 Å². The van der Waals surface area contributed by atoms with Gasteiger partial charge in [0.15, 0.2) is 0 Å². The molecule has 0 N–H and O–H groups in total. The standard InChI is InChI=1S/C18H26/c1-10(2)14-9-17-12-5-11-6-13(8-12)18(17,15(17)7-11)16(14,3)4/h11-15H,1,5-9H2,2-4H3/t11-,12+,13-,14?,15+,17?,18?/m1/s1. The highest BCUT2D eigenvalue weighted by atomic mass is 15.0. The normalized spacial score (nSPS) is 64.9. The maximum atomic E-state index is 4.34. The van der Waals surface area contributed by atoms with Gasteiger partial charge in [-0.25, -0.2) is 0 Å². The monoisotopic (exact) mass is 242 g/mol. The Hall–Kier alpha value is -0.260. The van der Waals surface area contributed by atoms with Gasteiger partial charge >= 0.3 is 0 Å². The van der Waals surface area contributed by atoms with Gasteiger partial charge in [0.25, 0.3) is 0 Å². The van der Waals surface area contributed by atoms with Crippen molar-refractivity contribution in [2.24, 2.45) is 45.8 Å². The quantitative estimate of drug-likeness (QED) is 0.587. The molecular formula is C18H26. The van der Waals surface area contributed by atoms with Gasteiger partial charge in [-0.1, -0.05) is 26.0 Å². The van der Waals surface area contributed by atoms with Crippen molar-refractivity contribution in [1.82, 2.24) is 0 Å². The first-order valence-corrected chi connectivity index (χ1v) is 8.11. The Bertz CT molecular complexity index is 460. The van der Waals surface area contributed by atoms with E-state index in [-0.39, 0.29) is 0 Å². The van der Waals surface area contributed by atoms with E-state index >= 15 is 0 Å². The minimum atomic E-state index is 0.540. The van der Waals surface area contributed by atoms with Crippen LogP contribution >= 0.6 is 0 Å². The van der Waals surface area contributed by atoms with Crippen molar-refractivity contribution < 1.29 is 0 Å². The zero-order valence-corrected chi connectivity index (χ0v) is 12.1. The molecule has 6 fully saturated rings. The fourth-order valence-corrected chi connectivity index (χ4v) is 8.83. The van der Waals surface area contributed by atoms with Crippen LogP contribution < -0.4 is 0 Å². The summed E-state index contributed by atoms with van der Waals surface area (Å²) in [5.41, 5.74) is 3.58. The van der Waals surface area contributed by atoms with E-state index in [9.17, 15) is 0 Å². The Morgan fingerprint density at radius 3 is 2.50 bits per heavy atom. The number of allylic oxidation sites excluding steroid dienone is 1. The van der Waals surface area contributed by atoms with Crippen LogP contribution in [0, 0.1) is 45.8 Å². The lowest BCUT2D eigenvalue weighted by molar-refractivity contribution is -0.00369. The largest absolute Gasteiger partial charge is 0.0998 e. The van der Waals surface area contributed by atoms with Crippen molar-refractivity contribution in [1.29, 1.82) is 0 Å². The molecule has 6 rings (SSSR count). The highest BCUT2D eigenvalue weighted by Gasteiger charge is 2.93. The molecule has 6 saturated carbocycles. The molecule has 0 radical (unpaired) electrons. The van der Waals surface area contributed by atoms with Crippen molar-refractivity contribution in [3.8, 4) is 0 Å². The predicted molar refractivity (Wildman–Crippen MR) is 74.0 cm³/mol. The maximum Gasteiger partial charge on any atom is -0.0116 e. The summed E-state index contributed by atoms with van der Waals surface area (Å²) in [6, 6.07) is 0. The second-order valence-electron chi connectivity index (χ2n) is 8.99. The molecule has 2 spiro atoms. The van der Waals surface area contributed by atoms with Gasteiger partial charge in [-0.15, -0.1) is 0 Å². The summed E-state index contributed by atoms with van der Waals surface area (Å²) in [6.07, 6.45) is 7.88. The SMILES string of the molecule is C=C(C)C1CC23[C@H]4C[C@@H]5C[C@H](C4)C2([C@H]3C5)C1(C)C. The molecule has 6 aliphatic rings. The van der Waals surface area contributed by atoms with E-state index in [0.29, 0.717) is 5.41 Å². The zero-order valence-electron chi connectivity index (χ0n) is 12.1. The highest BCUT2D eigenvalue weighted by molar-refractivity contribution is 5.42. The third kappa shape index (κ3) is 0.683. The van der Waals surface area contributed by atoms with Crippen LogP contribution in [0.1, 0.15) is 52.9 Å². The van der Waals surface area contributed by atoms with Gasteiger partial charge in [-0.2, -0.15) is 0 Å². The van der Waals surface area contributed by atoms with Crippen LogP contribution in [0.4, 0.5) is 0 Å². The topological polar surface area (TPSA) is 0 Å². The van der Waals surface area contributed by atoms with Crippen LogP contribution in [0.2, 0.25) is 0 Å². The van der Waals surface area contributed by atoms with Gasteiger partial charge in [-0.05, 0) is 84.9 Å². The van der Waals surface area contributed by atoms with Crippen LogP contribution in [0.25, 0.3) is 0 Å². The Labute approximate surface area is 111 Å². The molecule has 0 aromatic rings. The van der Waals surface area contributed by atoms with E-state index in [0.717, 1.165) is 40.4 Å². The molecule has 0 heterocycles. The van der Waals surface area contributed by atoms with Crippen molar-refractivity contribution in [3.05, 3.63) is 12.2 Å². The van der Waals surface area contributed by atoms with Crippen molar-refractivity contribution in [2.75, 3.05) is 0 Å². The third-order valence-corrected chi connectivity index (χ3v) is 8.68. The van der Waals surface area contributed by atoms with Crippen LogP contribution in [0.15, 0.2) is 12.2 Å². The number of hydrogen-bond donors (Lipinski definition) is 0. The molecule has 0 heteroatoms. The van der Waals surface area contributed by atoms with Gasteiger partial charge in [0, 0.05) is 0 Å². The highest BCUT2D eigenvalue weighted by Crippen LogP contribution is 2.99. The summed E-state index contributed by atoms with van der Waals surface area (Å²) in [7, 11) is 0. The van der Waals surface area contributed by atoms with Crippen LogP contribution in [0.3, 0.4) is 0 Å². The van der Waals surface area contributed by atoms with Crippen LogP contribution in [-0.4, -0.2) is 0 Å². The summed E-state index contributed by atoms with van der Waals surface area (Å²) in [5, 5.41) is 0. The van der Waals surface area contributed by atoms with Gasteiger partial charge in [0.1, 0.15) is 0 Å². The molecule has 0 aromatic heterocycles. The first kappa shape index (κ1) is 10.5. The van der Waals surface area contributed by atoms with Crippen LogP contribution in [-0.2, 0) is 0 Å². The van der Waals surface area contributed by atoms with Crippen molar-refractivity contribution in [2.45, 2.75) is 52.9 Å². The molecule has 0 saturated heterocycles. The number of rotatable bonds is 1. The first-order valence-electron chi connectivity index (χ1n) is 8.11.